The number of alkyl halides is 1. The number of nitrogens with one attached hydrogen (secondary N) is 2. The van der Waals surface area contributed by atoms with E-state index in [-0.39, 0.29) is 58.4 Å². The Morgan fingerprint density at radius 3 is 2.87 bits per heavy atom. The van der Waals surface area contributed by atoms with Crippen LogP contribution in [0.25, 0.3) is 32.9 Å². The molecule has 232 valence electrons. The molecule has 3 aromatic heterocycles. The summed E-state index contributed by atoms with van der Waals surface area (Å²) >= 11 is 0. The van der Waals surface area contributed by atoms with Gasteiger partial charge in [-0.25, -0.2) is 13.2 Å². The molecule has 9 nitrogen and oxygen atoms in total. The second-order valence-electron chi connectivity index (χ2n) is 11.8. The molecule has 2 fully saturated rings. The van der Waals surface area contributed by atoms with Gasteiger partial charge < -0.3 is 20.1 Å². The van der Waals surface area contributed by atoms with Gasteiger partial charge in [0, 0.05) is 43.5 Å². The summed E-state index contributed by atoms with van der Waals surface area (Å²) in [4.78, 5) is 29.7. The average molecular weight is 617 g/mol. The van der Waals surface area contributed by atoms with E-state index in [1.54, 1.807) is 19.2 Å². The van der Waals surface area contributed by atoms with Crippen LogP contribution in [0.15, 0.2) is 53.6 Å². The van der Waals surface area contributed by atoms with Gasteiger partial charge in [-0.3, -0.25) is 14.7 Å². The molecule has 7 rings (SSSR count). The van der Waals surface area contributed by atoms with Gasteiger partial charge in [0.2, 0.25) is 5.56 Å². The lowest BCUT2D eigenvalue weighted by Crippen LogP contribution is -2.43. The predicted octanol–water partition coefficient (Wildman–Crippen LogP) is 5.65. The summed E-state index contributed by atoms with van der Waals surface area (Å²) in [5, 5.41) is 14.9. The second kappa shape index (κ2) is 11.3. The predicted molar refractivity (Wildman–Crippen MR) is 164 cm³/mol. The highest BCUT2D eigenvalue weighted by Crippen LogP contribution is 2.41. The van der Waals surface area contributed by atoms with E-state index in [2.05, 4.69) is 30.2 Å². The van der Waals surface area contributed by atoms with Gasteiger partial charge in [-0.05, 0) is 65.9 Å². The van der Waals surface area contributed by atoms with Crippen molar-refractivity contribution in [1.29, 1.82) is 0 Å². The van der Waals surface area contributed by atoms with Gasteiger partial charge >= 0.3 is 6.01 Å². The number of halogens is 3. The third kappa shape index (κ3) is 5.22. The lowest BCUT2D eigenvalue weighted by atomic mass is 9.94. The summed E-state index contributed by atoms with van der Waals surface area (Å²) < 4.78 is 52.0. The van der Waals surface area contributed by atoms with Crippen LogP contribution in [-0.2, 0) is 13.0 Å². The molecular weight excluding hydrogens is 585 g/mol. The Kier molecular flexibility index (Phi) is 7.31. The van der Waals surface area contributed by atoms with Crippen LogP contribution < -0.4 is 15.6 Å². The van der Waals surface area contributed by atoms with Crippen molar-refractivity contribution in [3.8, 4) is 23.0 Å². The molecule has 0 unspecified atom stereocenters. The highest BCUT2D eigenvalue weighted by Gasteiger charge is 2.49. The van der Waals surface area contributed by atoms with Crippen LogP contribution in [0.4, 0.5) is 19.0 Å². The number of nitrogens with zero attached hydrogens (tertiary/aromatic N) is 4. The van der Waals surface area contributed by atoms with Crippen molar-refractivity contribution >= 4 is 27.5 Å². The Labute approximate surface area is 256 Å². The summed E-state index contributed by atoms with van der Waals surface area (Å²) in [5.74, 6) is -1.11. The molecule has 5 aromatic rings. The van der Waals surface area contributed by atoms with E-state index in [9.17, 15) is 18.7 Å². The fraction of sp³-hybridized carbons (Fsp3) is 0.333. The molecule has 2 aliphatic rings. The number of hydrogen-bond donors (Lipinski definition) is 3. The molecule has 0 spiro atoms. The van der Waals surface area contributed by atoms with Crippen molar-refractivity contribution in [2.75, 3.05) is 25.0 Å². The number of aromatic hydroxyl groups is 1. The lowest BCUT2D eigenvalue weighted by Gasteiger charge is -2.30. The maximum Gasteiger partial charge on any atom is 0.319 e. The minimum atomic E-state index is -0.943. The van der Waals surface area contributed by atoms with E-state index in [1.807, 2.05) is 0 Å². The Bertz CT molecular complexity index is 1980. The monoisotopic (exact) mass is 616 g/mol. The zero-order chi connectivity index (χ0) is 31.3. The molecule has 0 bridgehead atoms. The minimum Gasteiger partial charge on any atom is -0.508 e. The topological polar surface area (TPSA) is 116 Å². The Morgan fingerprint density at radius 1 is 1.20 bits per heavy atom. The van der Waals surface area contributed by atoms with Crippen LogP contribution in [0.3, 0.4) is 0 Å². The molecule has 0 aliphatic carbocycles. The van der Waals surface area contributed by atoms with Gasteiger partial charge in [0.25, 0.3) is 0 Å². The first-order valence-electron chi connectivity index (χ1n) is 15.0. The van der Waals surface area contributed by atoms with E-state index in [4.69, 9.17) is 4.74 Å². The van der Waals surface area contributed by atoms with Gasteiger partial charge in [0.1, 0.15) is 41.4 Å². The summed E-state index contributed by atoms with van der Waals surface area (Å²) in [5.41, 5.74) is 0.437. The van der Waals surface area contributed by atoms with Crippen molar-refractivity contribution in [3.05, 3.63) is 81.9 Å². The number of ether oxygens (including phenoxy) is 1. The van der Waals surface area contributed by atoms with Crippen LogP contribution in [0.1, 0.15) is 37.3 Å². The molecule has 2 atom stereocenters. The van der Waals surface area contributed by atoms with E-state index in [0.29, 0.717) is 35.7 Å². The third-order valence-corrected chi connectivity index (χ3v) is 8.96. The number of aromatic nitrogens is 4. The number of aromatic amines is 1. The maximum absolute atomic E-state index is 16.6. The highest BCUT2D eigenvalue weighted by atomic mass is 19.1. The SMILES string of the molecule is CCc1c(F)ccc2cc(O)cc(-c3ncc4c(NCc5ccc(=O)[nH]c5)nc(OC[C@@]56CCCN5C[C@H](F)C6)nc4c3F)c12. The van der Waals surface area contributed by atoms with Gasteiger partial charge in [-0.1, -0.05) is 19.1 Å². The van der Waals surface area contributed by atoms with E-state index < -0.39 is 23.3 Å². The molecule has 5 heterocycles. The number of fused-ring (bicyclic) bond motifs is 3. The zero-order valence-electron chi connectivity index (χ0n) is 24.5. The highest BCUT2D eigenvalue weighted by molar-refractivity contribution is 6.01. The maximum atomic E-state index is 16.6. The zero-order valence-corrected chi connectivity index (χ0v) is 24.5. The first-order valence-corrected chi connectivity index (χ1v) is 15.0. The molecule has 2 saturated heterocycles. The molecule has 12 heteroatoms. The quantitative estimate of drug-likeness (QED) is 0.205. The smallest absolute Gasteiger partial charge is 0.319 e. The van der Waals surface area contributed by atoms with E-state index in [1.165, 1.54) is 36.5 Å². The van der Waals surface area contributed by atoms with Crippen molar-refractivity contribution in [1.82, 2.24) is 24.8 Å². The van der Waals surface area contributed by atoms with Crippen LogP contribution >= 0.6 is 0 Å². The van der Waals surface area contributed by atoms with Gasteiger partial charge in [0.15, 0.2) is 5.82 Å². The van der Waals surface area contributed by atoms with Crippen LogP contribution in [-0.4, -0.2) is 61.3 Å². The number of H-pyrrole nitrogens is 1. The molecule has 0 amide bonds. The number of phenolic OH excluding ortho intramolecular Hbond substituents is 1. The van der Waals surface area contributed by atoms with E-state index in [0.717, 1.165) is 24.9 Å². The van der Waals surface area contributed by atoms with Crippen LogP contribution in [0, 0.1) is 11.6 Å². The number of aryl methyl sites for hydroxylation is 1. The summed E-state index contributed by atoms with van der Waals surface area (Å²) in [6.45, 7) is 3.33. The van der Waals surface area contributed by atoms with Crippen molar-refractivity contribution in [3.63, 3.8) is 0 Å². The normalized spacial score (nSPS) is 19.8. The number of anilines is 1. The minimum absolute atomic E-state index is 0.0875. The van der Waals surface area contributed by atoms with E-state index >= 15 is 4.39 Å². The second-order valence-corrected chi connectivity index (χ2v) is 11.8. The van der Waals surface area contributed by atoms with Crippen molar-refractivity contribution < 1.29 is 23.0 Å². The number of phenols is 1. The molecule has 2 aromatic carbocycles. The molecular formula is C33H31F3N6O3. The fourth-order valence-electron chi connectivity index (χ4n) is 6.84. The summed E-state index contributed by atoms with van der Waals surface area (Å²) in [6, 6.07) is 8.70. The lowest BCUT2D eigenvalue weighted by molar-refractivity contribution is 0.107. The van der Waals surface area contributed by atoms with Gasteiger partial charge in [-0.15, -0.1) is 0 Å². The Balaban J connectivity index is 1.34. The molecule has 2 aliphatic heterocycles. The number of pyridine rings is 2. The van der Waals surface area contributed by atoms with Crippen molar-refractivity contribution in [2.24, 2.45) is 0 Å². The molecule has 3 N–H and O–H groups in total. The summed E-state index contributed by atoms with van der Waals surface area (Å²) in [6.07, 6.45) is 4.45. The first-order chi connectivity index (χ1) is 21.7. The van der Waals surface area contributed by atoms with Gasteiger partial charge in [-0.2, -0.15) is 9.97 Å². The van der Waals surface area contributed by atoms with Crippen molar-refractivity contribution in [2.45, 2.75) is 50.9 Å². The van der Waals surface area contributed by atoms with Crippen LogP contribution in [0.2, 0.25) is 0 Å². The molecule has 0 radical (unpaired) electrons. The molecule has 0 saturated carbocycles. The largest absolute Gasteiger partial charge is 0.508 e. The Morgan fingerprint density at radius 2 is 2.07 bits per heavy atom. The fourth-order valence-corrected chi connectivity index (χ4v) is 6.84. The Hall–Kier alpha value is -4.71. The van der Waals surface area contributed by atoms with Crippen LogP contribution in [0.5, 0.6) is 11.8 Å². The number of hydrogen-bond acceptors (Lipinski definition) is 8. The molecule has 45 heavy (non-hydrogen) atoms. The number of rotatable bonds is 8. The third-order valence-electron chi connectivity index (χ3n) is 8.96. The van der Waals surface area contributed by atoms with Gasteiger partial charge in [0.05, 0.1) is 10.9 Å². The average Bonchev–Trinajstić information content (AvgIpc) is 3.55. The number of benzene rings is 2. The standard InChI is InChI=1S/C33H31F3N6O3/c1-2-22-25(35)6-5-19-10-21(43)11-23(27(19)22)29-28(36)30-24(15-38-29)31(39-14-18-4-7-26(44)37-13-18)41-32(40-30)45-17-33-8-3-9-42(33)16-20(34)12-33/h4-7,10-11,13,15,20,43H,2-3,8-9,12,14,16-17H2,1H3,(H,37,44)(H,39,40,41)/t20-,33+/m1/s1. The summed E-state index contributed by atoms with van der Waals surface area (Å²) in [7, 11) is 0. The first kappa shape index (κ1) is 29.0.